The third-order valence-electron chi connectivity index (χ3n) is 13.9. The molecule has 0 aliphatic heterocycles. The maximum atomic E-state index is 2.53. The minimum Gasteiger partial charge on any atom is -0.0622 e. The molecule has 292 valence electrons. The Labute approximate surface area is 367 Å². The summed E-state index contributed by atoms with van der Waals surface area (Å²) in [6, 6.07) is 85.6. The van der Waals surface area contributed by atoms with Crippen molar-refractivity contribution in [2.24, 2.45) is 0 Å². The Morgan fingerprint density at radius 3 is 1.25 bits per heavy atom. The highest BCUT2D eigenvalue weighted by atomic mass is 14.5. The number of benzene rings is 11. The van der Waals surface area contributed by atoms with E-state index in [1.165, 1.54) is 121 Å². The fourth-order valence-electron chi connectivity index (χ4n) is 11.3. The van der Waals surface area contributed by atoms with Crippen LogP contribution in [0.3, 0.4) is 0 Å². The van der Waals surface area contributed by atoms with Crippen molar-refractivity contribution in [2.45, 2.75) is 5.41 Å². The molecule has 0 N–H and O–H groups in total. The molecule has 0 fully saturated rings. The second kappa shape index (κ2) is 14.0. The molecule has 1 spiro atoms. The van der Waals surface area contributed by atoms with Crippen molar-refractivity contribution in [3.8, 4) is 55.6 Å². The van der Waals surface area contributed by atoms with Crippen molar-refractivity contribution in [1.82, 2.24) is 0 Å². The lowest BCUT2D eigenvalue weighted by Gasteiger charge is -2.30. The first-order valence-corrected chi connectivity index (χ1v) is 22.0. The number of rotatable bonds is 5. The molecular weight excluding hydrogens is 757 g/mol. The normalized spacial score (nSPS) is 13.1. The van der Waals surface area contributed by atoms with Crippen molar-refractivity contribution in [3.63, 3.8) is 0 Å². The average molecular weight is 797 g/mol. The summed E-state index contributed by atoms with van der Waals surface area (Å²) < 4.78 is 0. The van der Waals surface area contributed by atoms with Crippen LogP contribution in [0.4, 0.5) is 0 Å². The lowest BCUT2D eigenvalue weighted by Crippen LogP contribution is -2.25. The zero-order chi connectivity index (χ0) is 41.5. The van der Waals surface area contributed by atoms with Crippen molar-refractivity contribution in [2.75, 3.05) is 0 Å². The van der Waals surface area contributed by atoms with Crippen LogP contribution >= 0.6 is 0 Å². The Balaban J connectivity index is 0.941. The molecule has 11 aromatic carbocycles. The molecule has 2 aliphatic carbocycles. The third kappa shape index (κ3) is 5.22. The average Bonchev–Trinajstić information content (AvgIpc) is 3.82. The van der Waals surface area contributed by atoms with Gasteiger partial charge in [0.1, 0.15) is 0 Å². The molecule has 2 aliphatic rings. The smallest absolute Gasteiger partial charge is 0.0622 e. The largest absolute Gasteiger partial charge is 0.0725 e. The molecule has 0 aromatic heterocycles. The van der Waals surface area contributed by atoms with E-state index >= 15 is 0 Å². The molecule has 13 rings (SSSR count). The van der Waals surface area contributed by atoms with Gasteiger partial charge >= 0.3 is 0 Å². The zero-order valence-corrected chi connectivity index (χ0v) is 34.6. The molecule has 0 nitrogen and oxygen atoms in total. The second-order valence-corrected chi connectivity index (χ2v) is 17.1. The van der Waals surface area contributed by atoms with E-state index in [2.05, 4.69) is 243 Å². The first kappa shape index (κ1) is 35.7. The predicted octanol–water partition coefficient (Wildman–Crippen LogP) is 16.7. The van der Waals surface area contributed by atoms with E-state index in [1.54, 1.807) is 0 Å². The standard InChI is InChI=1S/C63H40/c1-2-16-42(17-3-1)47-38-36-43(46-18-4-5-19-48(46)47)33-30-41-31-34-44(35-32-41)61-53-23-6-8-25-55(53)62(56-26-9-7-24-54(56)61)45-37-39-52-51-22-12-15-29-59(51)63(60(52)40-45)57-27-13-10-20-49(57)50-21-11-14-28-58(50)63/h1-40H/b33-30+. The van der Waals surface area contributed by atoms with Gasteiger partial charge < -0.3 is 0 Å². The van der Waals surface area contributed by atoms with Gasteiger partial charge in [-0.1, -0.05) is 237 Å². The van der Waals surface area contributed by atoms with Crippen LogP contribution in [-0.4, -0.2) is 0 Å². The lowest BCUT2D eigenvalue weighted by atomic mass is 9.70. The van der Waals surface area contributed by atoms with Crippen LogP contribution in [0.2, 0.25) is 0 Å². The molecule has 0 heteroatoms. The van der Waals surface area contributed by atoms with Crippen LogP contribution in [0.1, 0.15) is 33.4 Å². The Bertz CT molecular complexity index is 3540. The number of fused-ring (bicyclic) bond motifs is 13. The Hall–Kier alpha value is -8.06. The monoisotopic (exact) mass is 796 g/mol. The zero-order valence-electron chi connectivity index (χ0n) is 34.6. The highest BCUT2D eigenvalue weighted by molar-refractivity contribution is 6.21. The molecule has 63 heavy (non-hydrogen) atoms. The minimum atomic E-state index is -0.393. The maximum Gasteiger partial charge on any atom is 0.0725 e. The summed E-state index contributed by atoms with van der Waals surface area (Å²) in [7, 11) is 0. The van der Waals surface area contributed by atoms with Crippen LogP contribution in [0, 0.1) is 0 Å². The number of hydrogen-bond donors (Lipinski definition) is 0. The SMILES string of the molecule is C(=C\c1ccc(-c2ccccc2)c2ccccc12)/c1ccc(-c2c3ccccc3c(-c3ccc4c(c3)C3(c5ccccc5-c5ccccc53)c3ccccc3-4)c3ccccc23)cc1. The van der Waals surface area contributed by atoms with E-state index in [9.17, 15) is 0 Å². The van der Waals surface area contributed by atoms with Crippen LogP contribution in [0.15, 0.2) is 231 Å². The molecule has 0 bridgehead atoms. The van der Waals surface area contributed by atoms with Gasteiger partial charge in [0.2, 0.25) is 0 Å². The quantitative estimate of drug-likeness (QED) is 0.120. The van der Waals surface area contributed by atoms with Crippen LogP contribution in [0.25, 0.3) is 100 Å². The molecule has 11 aromatic rings. The summed E-state index contributed by atoms with van der Waals surface area (Å²) in [5.74, 6) is 0. The van der Waals surface area contributed by atoms with Gasteiger partial charge in [0.05, 0.1) is 5.41 Å². The molecular formula is C63H40. The van der Waals surface area contributed by atoms with Crippen molar-refractivity contribution >= 4 is 44.5 Å². The van der Waals surface area contributed by atoms with E-state index < -0.39 is 5.41 Å². The Kier molecular flexibility index (Phi) is 7.92. The second-order valence-electron chi connectivity index (χ2n) is 17.1. The highest BCUT2D eigenvalue weighted by Crippen LogP contribution is 2.63. The van der Waals surface area contributed by atoms with Crippen LogP contribution in [-0.2, 0) is 5.41 Å². The van der Waals surface area contributed by atoms with Gasteiger partial charge in [0.25, 0.3) is 0 Å². The first-order valence-electron chi connectivity index (χ1n) is 22.0. The Morgan fingerprint density at radius 1 is 0.254 bits per heavy atom. The summed E-state index contributed by atoms with van der Waals surface area (Å²) in [5, 5.41) is 7.56. The van der Waals surface area contributed by atoms with E-state index in [1.807, 2.05) is 0 Å². The van der Waals surface area contributed by atoms with Gasteiger partial charge in [-0.25, -0.2) is 0 Å². The lowest BCUT2D eigenvalue weighted by molar-refractivity contribution is 0.794. The minimum absolute atomic E-state index is 0.393. The molecule has 0 atom stereocenters. The summed E-state index contributed by atoms with van der Waals surface area (Å²) >= 11 is 0. The molecule has 0 saturated heterocycles. The number of hydrogen-bond acceptors (Lipinski definition) is 0. The molecule has 0 saturated carbocycles. The first-order chi connectivity index (χ1) is 31.3. The summed E-state index contributed by atoms with van der Waals surface area (Å²) in [6.45, 7) is 0. The van der Waals surface area contributed by atoms with E-state index in [0.717, 1.165) is 0 Å². The topological polar surface area (TPSA) is 0 Å². The van der Waals surface area contributed by atoms with Crippen molar-refractivity contribution in [3.05, 3.63) is 264 Å². The summed E-state index contributed by atoms with van der Waals surface area (Å²) in [6.07, 6.45) is 4.50. The van der Waals surface area contributed by atoms with E-state index in [0.29, 0.717) is 0 Å². The molecule has 0 radical (unpaired) electrons. The van der Waals surface area contributed by atoms with Crippen molar-refractivity contribution in [1.29, 1.82) is 0 Å². The predicted molar refractivity (Wildman–Crippen MR) is 267 cm³/mol. The summed E-state index contributed by atoms with van der Waals surface area (Å²) in [4.78, 5) is 0. The van der Waals surface area contributed by atoms with E-state index in [-0.39, 0.29) is 0 Å². The fourth-order valence-corrected chi connectivity index (χ4v) is 11.3. The third-order valence-corrected chi connectivity index (χ3v) is 13.9. The van der Waals surface area contributed by atoms with E-state index in [4.69, 9.17) is 0 Å². The molecule has 0 amide bonds. The van der Waals surface area contributed by atoms with Gasteiger partial charge in [-0.15, -0.1) is 0 Å². The van der Waals surface area contributed by atoms with Crippen LogP contribution in [0.5, 0.6) is 0 Å². The van der Waals surface area contributed by atoms with Gasteiger partial charge in [0, 0.05) is 0 Å². The maximum absolute atomic E-state index is 2.53. The molecule has 0 unspecified atom stereocenters. The highest BCUT2D eigenvalue weighted by Gasteiger charge is 2.51. The van der Waals surface area contributed by atoms with Gasteiger partial charge in [-0.05, 0) is 127 Å². The summed E-state index contributed by atoms with van der Waals surface area (Å²) in [5.41, 5.74) is 20.3. The fraction of sp³-hybridized carbons (Fsp3) is 0.0159. The van der Waals surface area contributed by atoms with Crippen molar-refractivity contribution < 1.29 is 0 Å². The molecule has 0 heterocycles. The van der Waals surface area contributed by atoms with Gasteiger partial charge in [-0.2, -0.15) is 0 Å². The van der Waals surface area contributed by atoms with Gasteiger partial charge in [0.15, 0.2) is 0 Å². The van der Waals surface area contributed by atoms with Gasteiger partial charge in [-0.3, -0.25) is 0 Å². The Morgan fingerprint density at radius 2 is 0.683 bits per heavy atom. The van der Waals surface area contributed by atoms with Crippen LogP contribution < -0.4 is 0 Å².